The molecule has 5 heteroatoms. The monoisotopic (exact) mass is 349 g/mol. The van der Waals surface area contributed by atoms with Crippen molar-refractivity contribution in [3.63, 3.8) is 0 Å². The fourth-order valence-electron chi connectivity index (χ4n) is 3.08. The average Bonchev–Trinajstić information content (AvgIpc) is 2.67. The lowest BCUT2D eigenvalue weighted by Gasteiger charge is -2.14. The van der Waals surface area contributed by atoms with Gasteiger partial charge < -0.3 is 9.88 Å². The first-order valence-electron chi connectivity index (χ1n) is 8.85. The van der Waals surface area contributed by atoms with Crippen LogP contribution in [0.3, 0.4) is 0 Å². The minimum Gasteiger partial charge on any atom is -0.351 e. The van der Waals surface area contributed by atoms with Gasteiger partial charge in [0.05, 0.1) is 11.0 Å². The summed E-state index contributed by atoms with van der Waals surface area (Å²) in [4.78, 5) is 29.0. The molecule has 1 heterocycles. The summed E-state index contributed by atoms with van der Waals surface area (Å²) in [5, 5.41) is 2.98. The van der Waals surface area contributed by atoms with Crippen molar-refractivity contribution in [3.8, 4) is 0 Å². The Balaban J connectivity index is 1.81. The van der Waals surface area contributed by atoms with Gasteiger partial charge in [-0.2, -0.15) is 0 Å². The van der Waals surface area contributed by atoms with Crippen LogP contribution < -0.4 is 10.9 Å². The van der Waals surface area contributed by atoms with Crippen molar-refractivity contribution in [2.75, 3.05) is 6.54 Å². The molecule has 0 aliphatic carbocycles. The molecule has 0 unspecified atom stereocenters. The van der Waals surface area contributed by atoms with Crippen LogP contribution >= 0.6 is 0 Å². The Hall–Kier alpha value is -2.95. The van der Waals surface area contributed by atoms with E-state index in [9.17, 15) is 9.59 Å². The van der Waals surface area contributed by atoms with E-state index in [1.54, 1.807) is 29.7 Å². The first-order chi connectivity index (χ1) is 12.5. The van der Waals surface area contributed by atoms with Gasteiger partial charge in [-0.15, -0.1) is 0 Å². The maximum atomic E-state index is 12.5. The van der Waals surface area contributed by atoms with Crippen LogP contribution in [0.5, 0.6) is 0 Å². The number of carbonyl (C=O) groups excluding carboxylic acids is 1. The summed E-state index contributed by atoms with van der Waals surface area (Å²) in [6.07, 6.45) is 0. The molecule has 0 fully saturated rings. The predicted octanol–water partition coefficient (Wildman–Crippen LogP) is 3.26. The first kappa shape index (κ1) is 17.9. The summed E-state index contributed by atoms with van der Waals surface area (Å²) < 4.78 is 1.68. The number of nitrogens with zero attached hydrogens (tertiary/aromatic N) is 2. The van der Waals surface area contributed by atoms with Gasteiger partial charge in [-0.3, -0.25) is 9.59 Å². The van der Waals surface area contributed by atoms with Crippen LogP contribution in [0, 0.1) is 6.92 Å². The Kier molecular flexibility index (Phi) is 5.16. The molecule has 5 nitrogen and oxygen atoms in total. The second-order valence-electron chi connectivity index (χ2n) is 6.47. The molecule has 0 aliphatic heterocycles. The summed E-state index contributed by atoms with van der Waals surface area (Å²) in [5.41, 5.74) is 3.50. The number of benzene rings is 2. The summed E-state index contributed by atoms with van der Waals surface area (Å²) in [6.45, 7) is 6.83. The summed E-state index contributed by atoms with van der Waals surface area (Å²) >= 11 is 0. The first-order valence-corrected chi connectivity index (χ1v) is 8.85. The number of amides is 1. The number of aryl methyl sites for hydroxylation is 2. The van der Waals surface area contributed by atoms with Crippen molar-refractivity contribution in [3.05, 3.63) is 75.7 Å². The highest BCUT2D eigenvalue weighted by molar-refractivity contribution is 5.97. The highest BCUT2D eigenvalue weighted by Gasteiger charge is 2.12. The fraction of sp³-hybridized carbons (Fsp3) is 0.286. The Bertz CT molecular complexity index is 993. The molecule has 134 valence electrons. The van der Waals surface area contributed by atoms with Gasteiger partial charge in [0.15, 0.2) is 0 Å². The Labute approximate surface area is 152 Å². The number of hydrogen-bond donors (Lipinski definition) is 1. The van der Waals surface area contributed by atoms with Gasteiger partial charge in [0.1, 0.15) is 5.69 Å². The van der Waals surface area contributed by atoms with Gasteiger partial charge >= 0.3 is 0 Å². The Morgan fingerprint density at radius 3 is 2.62 bits per heavy atom. The summed E-state index contributed by atoms with van der Waals surface area (Å²) in [5.74, 6) is 0.0922. The van der Waals surface area contributed by atoms with Crippen LogP contribution in [0.15, 0.2) is 53.3 Å². The number of carbonyl (C=O) groups is 1. The third-order valence-electron chi connectivity index (χ3n) is 4.62. The van der Waals surface area contributed by atoms with Gasteiger partial charge in [0.25, 0.3) is 11.5 Å². The largest absolute Gasteiger partial charge is 0.351 e. The molecule has 1 amide bonds. The molecule has 0 bridgehead atoms. The lowest BCUT2D eigenvalue weighted by atomic mass is 10.0. The number of fused-ring (bicyclic) bond motifs is 1. The van der Waals surface area contributed by atoms with Crippen molar-refractivity contribution >= 4 is 16.9 Å². The quantitative estimate of drug-likeness (QED) is 0.769. The molecule has 26 heavy (non-hydrogen) atoms. The Morgan fingerprint density at radius 2 is 1.92 bits per heavy atom. The molecule has 0 radical (unpaired) electrons. The second kappa shape index (κ2) is 7.52. The van der Waals surface area contributed by atoms with Crippen LogP contribution in [0.4, 0.5) is 0 Å². The molecule has 0 spiro atoms. The Morgan fingerprint density at radius 1 is 1.19 bits per heavy atom. The minimum absolute atomic E-state index is 0.0890. The third kappa shape index (κ3) is 3.52. The smallest absolute Gasteiger partial charge is 0.272 e. The molecule has 1 N–H and O–H groups in total. The zero-order chi connectivity index (χ0) is 18.7. The highest BCUT2D eigenvalue weighted by atomic mass is 16.1. The molecular weight excluding hydrogens is 326 g/mol. The maximum absolute atomic E-state index is 12.5. The molecule has 2 aromatic carbocycles. The van der Waals surface area contributed by atoms with E-state index in [1.807, 2.05) is 25.1 Å². The van der Waals surface area contributed by atoms with Crippen LogP contribution in [0.25, 0.3) is 11.0 Å². The lowest BCUT2D eigenvalue weighted by Crippen LogP contribution is -2.28. The van der Waals surface area contributed by atoms with Gasteiger partial charge in [0.2, 0.25) is 0 Å². The van der Waals surface area contributed by atoms with Crippen molar-refractivity contribution < 1.29 is 4.79 Å². The number of aromatic nitrogens is 2. The van der Waals surface area contributed by atoms with Crippen LogP contribution in [0.2, 0.25) is 0 Å². The van der Waals surface area contributed by atoms with Gasteiger partial charge in [0, 0.05) is 18.7 Å². The zero-order valence-electron chi connectivity index (χ0n) is 15.3. The van der Waals surface area contributed by atoms with Crippen LogP contribution in [-0.2, 0) is 6.54 Å². The number of nitrogens with one attached hydrogen (secondary N) is 1. The fourth-order valence-corrected chi connectivity index (χ4v) is 3.08. The predicted molar refractivity (Wildman–Crippen MR) is 104 cm³/mol. The third-order valence-corrected chi connectivity index (χ3v) is 4.62. The van der Waals surface area contributed by atoms with Crippen molar-refractivity contribution in [2.24, 2.45) is 0 Å². The van der Waals surface area contributed by atoms with E-state index in [1.165, 1.54) is 5.56 Å². The van der Waals surface area contributed by atoms with Crippen LogP contribution in [-0.4, -0.2) is 22.0 Å². The van der Waals surface area contributed by atoms with E-state index in [0.29, 0.717) is 29.9 Å². The standard InChI is InChI=1S/C21H23N3O2/c1-4-24-19-11-10-17(12-18(19)23-15(3)21(24)26)20(25)22-13-14(2)16-8-6-5-7-9-16/h5-12,14H,4,13H2,1-3H3,(H,22,25)/t14-/m1/s1. The summed E-state index contributed by atoms with van der Waals surface area (Å²) in [6, 6.07) is 15.4. The van der Waals surface area contributed by atoms with E-state index in [2.05, 4.69) is 29.4 Å². The van der Waals surface area contributed by atoms with E-state index < -0.39 is 0 Å². The van der Waals surface area contributed by atoms with Crippen molar-refractivity contribution in [2.45, 2.75) is 33.2 Å². The number of hydrogen-bond acceptors (Lipinski definition) is 3. The van der Waals surface area contributed by atoms with Crippen molar-refractivity contribution in [1.82, 2.24) is 14.9 Å². The average molecular weight is 349 g/mol. The molecule has 1 atom stereocenters. The number of rotatable bonds is 5. The van der Waals surface area contributed by atoms with E-state index in [0.717, 1.165) is 5.52 Å². The molecule has 1 aromatic heterocycles. The topological polar surface area (TPSA) is 64.0 Å². The molecule has 3 rings (SSSR count). The summed E-state index contributed by atoms with van der Waals surface area (Å²) in [7, 11) is 0. The van der Waals surface area contributed by atoms with E-state index in [4.69, 9.17) is 0 Å². The lowest BCUT2D eigenvalue weighted by molar-refractivity contribution is 0.0952. The second-order valence-corrected chi connectivity index (χ2v) is 6.47. The van der Waals surface area contributed by atoms with Crippen molar-refractivity contribution in [1.29, 1.82) is 0 Å². The van der Waals surface area contributed by atoms with E-state index in [-0.39, 0.29) is 17.4 Å². The van der Waals surface area contributed by atoms with Gasteiger partial charge in [-0.1, -0.05) is 37.3 Å². The molecule has 0 saturated carbocycles. The normalized spacial score (nSPS) is 12.1. The molecular formula is C21H23N3O2. The van der Waals surface area contributed by atoms with E-state index >= 15 is 0 Å². The minimum atomic E-state index is -0.136. The van der Waals surface area contributed by atoms with Gasteiger partial charge in [-0.05, 0) is 43.5 Å². The maximum Gasteiger partial charge on any atom is 0.272 e. The highest BCUT2D eigenvalue weighted by Crippen LogP contribution is 2.15. The molecule has 3 aromatic rings. The van der Waals surface area contributed by atoms with Crippen LogP contribution in [0.1, 0.15) is 41.4 Å². The molecule has 0 aliphatic rings. The SMILES string of the molecule is CCn1c(=O)c(C)nc2cc(C(=O)NC[C@@H](C)c3ccccc3)ccc21. The zero-order valence-corrected chi connectivity index (χ0v) is 15.3. The molecule has 0 saturated heterocycles. The van der Waals surface area contributed by atoms with Gasteiger partial charge in [-0.25, -0.2) is 4.98 Å².